The van der Waals surface area contributed by atoms with Crippen LogP contribution >= 0.6 is 0 Å². The van der Waals surface area contributed by atoms with Crippen LogP contribution in [0.1, 0.15) is 0 Å². The first kappa shape index (κ1) is 11.7. The summed E-state index contributed by atoms with van der Waals surface area (Å²) in [5.74, 6) is -3.13. The lowest BCUT2D eigenvalue weighted by molar-refractivity contribution is 0.496. The van der Waals surface area contributed by atoms with E-state index in [0.29, 0.717) is 17.1 Å². The molecule has 1 aromatic heterocycles. The fourth-order valence-electron chi connectivity index (χ4n) is 2.04. The van der Waals surface area contributed by atoms with Crippen LogP contribution in [0.4, 0.5) is 13.2 Å². The third-order valence-corrected chi connectivity index (χ3v) is 2.94. The number of fused-ring (bicyclic) bond motifs is 1. The van der Waals surface area contributed by atoms with Crippen molar-refractivity contribution in [2.45, 2.75) is 0 Å². The normalized spacial score (nSPS) is 10.9. The summed E-state index contributed by atoms with van der Waals surface area (Å²) in [5.41, 5.74) is 0.255. The molecule has 19 heavy (non-hydrogen) atoms. The Bertz CT molecular complexity index is 763. The molecule has 0 aliphatic carbocycles. The number of halogens is 3. The van der Waals surface area contributed by atoms with Gasteiger partial charge in [0.05, 0.1) is 5.69 Å². The summed E-state index contributed by atoms with van der Waals surface area (Å²) in [6, 6.07) is 10.4. The predicted molar refractivity (Wildman–Crippen MR) is 67.1 cm³/mol. The van der Waals surface area contributed by atoms with E-state index in [2.05, 4.69) is 4.98 Å². The number of hydrogen-bond acceptors (Lipinski definition) is 1. The zero-order valence-corrected chi connectivity index (χ0v) is 9.70. The molecule has 94 valence electrons. The average Bonchev–Trinajstić information content (AvgIpc) is 2.42. The summed E-state index contributed by atoms with van der Waals surface area (Å²) >= 11 is 0. The van der Waals surface area contributed by atoms with Crippen LogP contribution < -0.4 is 0 Å². The lowest BCUT2D eigenvalue weighted by atomic mass is 10.0. The molecule has 1 heterocycles. The van der Waals surface area contributed by atoms with E-state index in [-0.39, 0.29) is 5.56 Å². The van der Waals surface area contributed by atoms with Gasteiger partial charge in [-0.25, -0.2) is 13.2 Å². The highest BCUT2D eigenvalue weighted by Crippen LogP contribution is 2.29. The van der Waals surface area contributed by atoms with Gasteiger partial charge in [-0.3, -0.25) is 4.98 Å². The molecule has 0 atom stereocenters. The van der Waals surface area contributed by atoms with E-state index >= 15 is 0 Å². The van der Waals surface area contributed by atoms with Crippen molar-refractivity contribution in [3.8, 4) is 11.3 Å². The Balaban J connectivity index is 2.33. The molecule has 0 unspecified atom stereocenters. The van der Waals surface area contributed by atoms with Crippen LogP contribution in [0.25, 0.3) is 22.0 Å². The molecule has 0 spiro atoms. The fraction of sp³-hybridized carbons (Fsp3) is 0. The molecule has 0 N–H and O–H groups in total. The van der Waals surface area contributed by atoms with E-state index in [9.17, 15) is 13.2 Å². The SMILES string of the molecule is Fc1cc(F)c(-c2nccc3ccccc23)cc1F. The second-order valence-electron chi connectivity index (χ2n) is 4.13. The number of pyridine rings is 1. The number of nitrogens with zero attached hydrogens (tertiary/aromatic N) is 1. The summed E-state index contributed by atoms with van der Waals surface area (Å²) in [4.78, 5) is 4.08. The van der Waals surface area contributed by atoms with E-state index in [1.165, 1.54) is 6.20 Å². The van der Waals surface area contributed by atoms with Gasteiger partial charge in [0.2, 0.25) is 0 Å². The lowest BCUT2D eigenvalue weighted by Crippen LogP contribution is -1.94. The van der Waals surface area contributed by atoms with E-state index in [1.807, 2.05) is 12.1 Å². The van der Waals surface area contributed by atoms with Crippen LogP contribution in [-0.2, 0) is 0 Å². The van der Waals surface area contributed by atoms with Gasteiger partial charge in [-0.2, -0.15) is 0 Å². The van der Waals surface area contributed by atoms with Gasteiger partial charge in [0, 0.05) is 23.2 Å². The number of aromatic nitrogens is 1. The van der Waals surface area contributed by atoms with Crippen LogP contribution in [0, 0.1) is 17.5 Å². The molecule has 0 aliphatic rings. The molecule has 3 aromatic rings. The van der Waals surface area contributed by atoms with Gasteiger partial charge in [-0.15, -0.1) is 0 Å². The van der Waals surface area contributed by atoms with Crippen molar-refractivity contribution in [3.63, 3.8) is 0 Å². The molecule has 0 saturated heterocycles. The van der Waals surface area contributed by atoms with Gasteiger partial charge in [0.25, 0.3) is 0 Å². The second-order valence-corrected chi connectivity index (χ2v) is 4.13. The maximum Gasteiger partial charge on any atom is 0.161 e. The smallest absolute Gasteiger partial charge is 0.161 e. The van der Waals surface area contributed by atoms with Crippen LogP contribution in [0.5, 0.6) is 0 Å². The molecule has 0 amide bonds. The largest absolute Gasteiger partial charge is 0.255 e. The van der Waals surface area contributed by atoms with Crippen molar-refractivity contribution < 1.29 is 13.2 Å². The predicted octanol–water partition coefficient (Wildman–Crippen LogP) is 4.32. The molecule has 0 bridgehead atoms. The van der Waals surface area contributed by atoms with Crippen molar-refractivity contribution >= 4 is 10.8 Å². The van der Waals surface area contributed by atoms with E-state index < -0.39 is 17.5 Å². The molecule has 0 aliphatic heterocycles. The van der Waals surface area contributed by atoms with Gasteiger partial charge in [0.1, 0.15) is 5.82 Å². The molecule has 0 saturated carbocycles. The van der Waals surface area contributed by atoms with Crippen LogP contribution in [0.15, 0.2) is 48.7 Å². The minimum atomic E-state index is -1.21. The number of benzene rings is 2. The van der Waals surface area contributed by atoms with Gasteiger partial charge in [-0.05, 0) is 17.5 Å². The average molecular weight is 259 g/mol. The summed E-state index contributed by atoms with van der Waals surface area (Å²) in [6.07, 6.45) is 1.51. The third-order valence-electron chi connectivity index (χ3n) is 2.94. The third kappa shape index (κ3) is 1.95. The van der Waals surface area contributed by atoms with E-state index in [1.54, 1.807) is 18.2 Å². The Morgan fingerprint density at radius 3 is 2.37 bits per heavy atom. The van der Waals surface area contributed by atoms with Gasteiger partial charge in [-0.1, -0.05) is 24.3 Å². The number of rotatable bonds is 1. The quantitative estimate of drug-likeness (QED) is 0.593. The molecular weight excluding hydrogens is 251 g/mol. The van der Waals surface area contributed by atoms with Crippen molar-refractivity contribution in [1.29, 1.82) is 0 Å². The Hall–Kier alpha value is -2.36. The minimum Gasteiger partial charge on any atom is -0.255 e. The Labute approximate surface area is 107 Å². The second kappa shape index (κ2) is 4.39. The highest BCUT2D eigenvalue weighted by atomic mass is 19.2. The summed E-state index contributed by atoms with van der Waals surface area (Å²) in [5, 5.41) is 1.55. The highest BCUT2D eigenvalue weighted by Gasteiger charge is 2.14. The van der Waals surface area contributed by atoms with Gasteiger partial charge < -0.3 is 0 Å². The first-order valence-corrected chi connectivity index (χ1v) is 5.65. The van der Waals surface area contributed by atoms with Crippen LogP contribution in [0.2, 0.25) is 0 Å². The summed E-state index contributed by atoms with van der Waals surface area (Å²) in [6.45, 7) is 0. The minimum absolute atomic E-state index is 0.0456. The molecule has 3 rings (SSSR count). The Morgan fingerprint density at radius 1 is 0.789 bits per heavy atom. The highest BCUT2D eigenvalue weighted by molar-refractivity contribution is 5.94. The monoisotopic (exact) mass is 259 g/mol. The van der Waals surface area contributed by atoms with E-state index in [0.717, 1.165) is 11.5 Å². The zero-order valence-electron chi connectivity index (χ0n) is 9.70. The number of hydrogen-bond donors (Lipinski definition) is 0. The fourth-order valence-corrected chi connectivity index (χ4v) is 2.04. The summed E-state index contributed by atoms with van der Waals surface area (Å²) in [7, 11) is 0. The molecule has 2 aromatic carbocycles. The first-order valence-electron chi connectivity index (χ1n) is 5.65. The van der Waals surface area contributed by atoms with Gasteiger partial charge >= 0.3 is 0 Å². The summed E-state index contributed by atoms with van der Waals surface area (Å²) < 4.78 is 40.0. The topological polar surface area (TPSA) is 12.9 Å². The van der Waals surface area contributed by atoms with Crippen molar-refractivity contribution in [1.82, 2.24) is 4.98 Å². The van der Waals surface area contributed by atoms with Crippen LogP contribution in [0.3, 0.4) is 0 Å². The van der Waals surface area contributed by atoms with Crippen molar-refractivity contribution in [2.24, 2.45) is 0 Å². The molecule has 0 radical (unpaired) electrons. The van der Waals surface area contributed by atoms with Gasteiger partial charge in [0.15, 0.2) is 11.6 Å². The Morgan fingerprint density at radius 2 is 1.53 bits per heavy atom. The lowest BCUT2D eigenvalue weighted by Gasteiger charge is -2.07. The van der Waals surface area contributed by atoms with E-state index in [4.69, 9.17) is 0 Å². The Kier molecular flexibility index (Phi) is 2.71. The molecule has 4 heteroatoms. The molecule has 1 nitrogen and oxygen atoms in total. The maximum atomic E-state index is 13.8. The standard InChI is InChI=1S/C15H8F3N/c16-12-8-14(18)13(17)7-11(12)15-10-4-2-1-3-9(10)5-6-19-15/h1-8H. The van der Waals surface area contributed by atoms with Crippen molar-refractivity contribution in [3.05, 3.63) is 66.1 Å². The molecule has 0 fully saturated rings. The molecular formula is C15H8F3N. The van der Waals surface area contributed by atoms with Crippen LogP contribution in [-0.4, -0.2) is 4.98 Å². The first-order chi connectivity index (χ1) is 9.16. The maximum absolute atomic E-state index is 13.8. The zero-order chi connectivity index (χ0) is 13.4. The van der Waals surface area contributed by atoms with Crippen molar-refractivity contribution in [2.75, 3.05) is 0 Å².